The lowest BCUT2D eigenvalue weighted by Gasteiger charge is -2.13. The Bertz CT molecular complexity index is 598. The minimum absolute atomic E-state index is 0.0257. The third-order valence-electron chi connectivity index (χ3n) is 3.19. The van der Waals surface area contributed by atoms with Gasteiger partial charge in [-0.1, -0.05) is 0 Å². The highest BCUT2D eigenvalue weighted by molar-refractivity contribution is 9.10. The predicted octanol–water partition coefficient (Wildman–Crippen LogP) is 3.78. The van der Waals surface area contributed by atoms with Crippen molar-refractivity contribution < 1.29 is 4.39 Å². The van der Waals surface area contributed by atoms with Crippen molar-refractivity contribution in [2.75, 3.05) is 5.75 Å². The fourth-order valence-corrected chi connectivity index (χ4v) is 3.40. The zero-order valence-electron chi connectivity index (χ0n) is 12.1. The van der Waals surface area contributed by atoms with Crippen LogP contribution in [0, 0.1) is 12.7 Å². The van der Waals surface area contributed by atoms with Crippen LogP contribution in [0.1, 0.15) is 18.3 Å². The summed E-state index contributed by atoms with van der Waals surface area (Å²) < 4.78 is 15.9. The van der Waals surface area contributed by atoms with Gasteiger partial charge in [0.2, 0.25) is 0 Å². The number of hydrogen-bond acceptors (Lipinski definition) is 3. The van der Waals surface area contributed by atoms with Gasteiger partial charge < -0.3 is 5.73 Å². The Labute approximate surface area is 137 Å². The van der Waals surface area contributed by atoms with Crippen LogP contribution in [-0.4, -0.2) is 21.6 Å². The molecular weight excluding hydrogens is 353 g/mol. The van der Waals surface area contributed by atoms with Crippen LogP contribution in [0.5, 0.6) is 0 Å². The fraction of sp³-hybridized carbons (Fsp3) is 0.400. The fourth-order valence-electron chi connectivity index (χ4n) is 2.11. The first-order chi connectivity index (χ1) is 10.0. The summed E-state index contributed by atoms with van der Waals surface area (Å²) in [5, 5.41) is 4.48. The largest absolute Gasteiger partial charge is 0.327 e. The predicted molar refractivity (Wildman–Crippen MR) is 89.1 cm³/mol. The van der Waals surface area contributed by atoms with Crippen molar-refractivity contribution in [2.24, 2.45) is 5.73 Å². The molecule has 1 atom stereocenters. The monoisotopic (exact) mass is 371 g/mol. The Kier molecular flexibility index (Phi) is 5.84. The Balaban J connectivity index is 1.95. The highest BCUT2D eigenvalue weighted by Gasteiger charge is 2.15. The molecule has 2 N–H and O–H groups in total. The van der Waals surface area contributed by atoms with Gasteiger partial charge in [-0.15, -0.1) is 11.8 Å². The molecular formula is C15H19BrFN3S. The van der Waals surface area contributed by atoms with Gasteiger partial charge in [-0.2, -0.15) is 5.10 Å². The second-order valence-electron chi connectivity index (χ2n) is 4.89. The molecule has 0 aliphatic rings. The Hall–Kier alpha value is -0.850. The van der Waals surface area contributed by atoms with E-state index in [1.165, 1.54) is 12.1 Å². The van der Waals surface area contributed by atoms with Gasteiger partial charge in [-0.05, 0) is 54.0 Å². The molecule has 3 nitrogen and oxygen atoms in total. The first-order valence-corrected chi connectivity index (χ1v) is 8.64. The molecule has 1 aromatic heterocycles. The third kappa shape index (κ3) is 4.31. The van der Waals surface area contributed by atoms with Gasteiger partial charge >= 0.3 is 0 Å². The van der Waals surface area contributed by atoms with Crippen LogP contribution in [0.15, 0.2) is 33.6 Å². The van der Waals surface area contributed by atoms with E-state index < -0.39 is 0 Å². The van der Waals surface area contributed by atoms with E-state index in [4.69, 9.17) is 5.73 Å². The number of rotatable bonds is 6. The zero-order chi connectivity index (χ0) is 15.4. The molecule has 2 rings (SSSR count). The maximum Gasteiger partial charge on any atom is 0.123 e. The van der Waals surface area contributed by atoms with Gasteiger partial charge in [0, 0.05) is 29.7 Å². The first-order valence-electron chi connectivity index (χ1n) is 6.87. The molecule has 6 heteroatoms. The summed E-state index contributed by atoms with van der Waals surface area (Å²) in [5.74, 6) is 0.571. The van der Waals surface area contributed by atoms with E-state index >= 15 is 0 Å². The summed E-state index contributed by atoms with van der Waals surface area (Å²) in [6.07, 6.45) is 0.767. The van der Waals surface area contributed by atoms with Gasteiger partial charge in [0.15, 0.2) is 0 Å². The second kappa shape index (κ2) is 7.42. The summed E-state index contributed by atoms with van der Waals surface area (Å²) in [5.41, 5.74) is 8.36. The molecule has 0 spiro atoms. The highest BCUT2D eigenvalue weighted by atomic mass is 79.9. The van der Waals surface area contributed by atoms with Crippen molar-refractivity contribution in [3.8, 4) is 0 Å². The van der Waals surface area contributed by atoms with E-state index in [0.717, 1.165) is 39.5 Å². The van der Waals surface area contributed by atoms with E-state index in [1.807, 2.05) is 11.6 Å². The van der Waals surface area contributed by atoms with Gasteiger partial charge in [0.1, 0.15) is 5.82 Å². The van der Waals surface area contributed by atoms with E-state index in [0.29, 0.717) is 0 Å². The van der Waals surface area contributed by atoms with Crippen LogP contribution in [0.4, 0.5) is 4.39 Å². The van der Waals surface area contributed by atoms with Crippen molar-refractivity contribution in [2.45, 2.75) is 37.8 Å². The first kappa shape index (κ1) is 16.5. The molecule has 0 amide bonds. The molecule has 1 aromatic carbocycles. The number of aromatic nitrogens is 2. The molecule has 0 aliphatic carbocycles. The topological polar surface area (TPSA) is 43.8 Å². The van der Waals surface area contributed by atoms with Gasteiger partial charge in [0.05, 0.1) is 15.9 Å². The van der Waals surface area contributed by atoms with Gasteiger partial charge in [-0.3, -0.25) is 4.68 Å². The van der Waals surface area contributed by atoms with E-state index in [1.54, 1.807) is 23.9 Å². The van der Waals surface area contributed by atoms with Crippen molar-refractivity contribution in [3.63, 3.8) is 0 Å². The maximum atomic E-state index is 12.9. The molecule has 0 saturated carbocycles. The number of nitrogens with two attached hydrogens (primary N) is 1. The summed E-state index contributed by atoms with van der Waals surface area (Å²) >= 11 is 5.23. The van der Waals surface area contributed by atoms with Crippen molar-refractivity contribution in [1.29, 1.82) is 0 Å². The minimum atomic E-state index is -0.213. The lowest BCUT2D eigenvalue weighted by atomic mass is 10.2. The summed E-state index contributed by atoms with van der Waals surface area (Å²) in [6, 6.07) is 6.53. The van der Waals surface area contributed by atoms with Crippen molar-refractivity contribution in [3.05, 3.63) is 45.9 Å². The Morgan fingerprint density at radius 3 is 2.67 bits per heavy atom. The second-order valence-corrected chi connectivity index (χ2v) is 6.78. The molecule has 1 heterocycles. The lowest BCUT2D eigenvalue weighted by Crippen LogP contribution is -2.27. The van der Waals surface area contributed by atoms with Crippen LogP contribution in [-0.2, 0) is 13.0 Å². The highest BCUT2D eigenvalue weighted by Crippen LogP contribution is 2.24. The molecule has 1 unspecified atom stereocenters. The number of hydrogen-bond donors (Lipinski definition) is 1. The number of thioether (sulfide) groups is 1. The van der Waals surface area contributed by atoms with Crippen molar-refractivity contribution in [1.82, 2.24) is 9.78 Å². The molecule has 0 radical (unpaired) electrons. The van der Waals surface area contributed by atoms with E-state index in [2.05, 4.69) is 28.0 Å². The number of nitrogens with zero attached hydrogens (tertiary/aromatic N) is 2. The van der Waals surface area contributed by atoms with E-state index in [9.17, 15) is 4.39 Å². The Morgan fingerprint density at radius 1 is 1.38 bits per heavy atom. The average molecular weight is 372 g/mol. The van der Waals surface area contributed by atoms with Crippen LogP contribution in [0.3, 0.4) is 0 Å². The Morgan fingerprint density at radius 2 is 2.05 bits per heavy atom. The molecule has 114 valence electrons. The molecule has 2 aromatic rings. The molecule has 0 saturated heterocycles. The standard InChI is InChI=1S/C15H19BrFN3S/c1-3-20-14(15(16)10(2)19-20)8-12(18)9-21-13-6-4-11(17)5-7-13/h4-7,12H,3,8-9,18H2,1-2H3. The zero-order valence-corrected chi connectivity index (χ0v) is 14.5. The molecule has 0 fully saturated rings. The van der Waals surface area contributed by atoms with Crippen LogP contribution >= 0.6 is 27.7 Å². The molecule has 0 bridgehead atoms. The van der Waals surface area contributed by atoms with Crippen LogP contribution in [0.25, 0.3) is 0 Å². The smallest absolute Gasteiger partial charge is 0.123 e. The SMILES string of the molecule is CCn1nc(C)c(Br)c1CC(N)CSc1ccc(F)cc1. The summed E-state index contributed by atoms with van der Waals surface area (Å²) in [6.45, 7) is 4.89. The third-order valence-corrected chi connectivity index (χ3v) is 5.42. The number of halogens is 2. The summed E-state index contributed by atoms with van der Waals surface area (Å²) in [7, 11) is 0. The van der Waals surface area contributed by atoms with Gasteiger partial charge in [0.25, 0.3) is 0 Å². The summed E-state index contributed by atoms with van der Waals surface area (Å²) in [4.78, 5) is 1.03. The quantitative estimate of drug-likeness (QED) is 0.785. The minimum Gasteiger partial charge on any atom is -0.327 e. The average Bonchev–Trinajstić information content (AvgIpc) is 2.74. The van der Waals surface area contributed by atoms with Crippen molar-refractivity contribution >= 4 is 27.7 Å². The normalized spacial score (nSPS) is 12.6. The number of benzene rings is 1. The maximum absolute atomic E-state index is 12.9. The van der Waals surface area contributed by atoms with Crippen LogP contribution < -0.4 is 5.73 Å². The number of aryl methyl sites for hydroxylation is 2. The van der Waals surface area contributed by atoms with Gasteiger partial charge in [-0.25, -0.2) is 4.39 Å². The lowest BCUT2D eigenvalue weighted by molar-refractivity contribution is 0.593. The van der Waals surface area contributed by atoms with E-state index in [-0.39, 0.29) is 11.9 Å². The van der Waals surface area contributed by atoms with Crippen LogP contribution in [0.2, 0.25) is 0 Å². The molecule has 0 aliphatic heterocycles. The molecule has 21 heavy (non-hydrogen) atoms.